The van der Waals surface area contributed by atoms with Gasteiger partial charge in [-0.25, -0.2) is 0 Å². The van der Waals surface area contributed by atoms with Gasteiger partial charge in [-0.1, -0.05) is 25.9 Å². The summed E-state index contributed by atoms with van der Waals surface area (Å²) in [5, 5.41) is 3.89. The van der Waals surface area contributed by atoms with Crippen LogP contribution in [0, 0.1) is 5.41 Å². The summed E-state index contributed by atoms with van der Waals surface area (Å²) in [6.07, 6.45) is 0.902. The fourth-order valence-electron chi connectivity index (χ4n) is 1.31. The summed E-state index contributed by atoms with van der Waals surface area (Å²) in [5.74, 6) is 1.15. The molecule has 1 atom stereocenters. The summed E-state index contributed by atoms with van der Waals surface area (Å²) < 4.78 is 10.6. The first kappa shape index (κ1) is 14.1. The Morgan fingerprint density at radius 1 is 1.35 bits per heavy atom. The number of hydrogen-bond donors (Lipinski definition) is 1. The lowest BCUT2D eigenvalue weighted by Crippen LogP contribution is -2.21. The van der Waals surface area contributed by atoms with Crippen molar-refractivity contribution in [3.05, 3.63) is 11.7 Å². The first-order chi connectivity index (χ1) is 7.78. The quantitative estimate of drug-likeness (QED) is 0.854. The number of aromatic nitrogens is 2. The van der Waals surface area contributed by atoms with Crippen molar-refractivity contribution >= 4 is 0 Å². The minimum absolute atomic E-state index is 0.127. The average Bonchev–Trinajstić information content (AvgIpc) is 2.59. The van der Waals surface area contributed by atoms with Crippen molar-refractivity contribution < 1.29 is 9.26 Å². The van der Waals surface area contributed by atoms with Crippen LogP contribution in [0.15, 0.2) is 4.52 Å². The van der Waals surface area contributed by atoms with Crippen LogP contribution in [-0.2, 0) is 11.2 Å². The van der Waals surface area contributed by atoms with Crippen molar-refractivity contribution in [1.29, 1.82) is 0 Å². The molecule has 0 aliphatic rings. The standard InChI is InChI=1S/C12H23N3O2/c1-8(2)16-7-9(13)11-14-10(17-15-11)6-12(3,4)5/h8-9H,6-7,13H2,1-5H3. The number of nitrogens with two attached hydrogens (primary N) is 1. The summed E-state index contributed by atoms with van der Waals surface area (Å²) >= 11 is 0. The molecule has 0 bridgehead atoms. The first-order valence-corrected chi connectivity index (χ1v) is 5.97. The zero-order valence-corrected chi connectivity index (χ0v) is 11.4. The van der Waals surface area contributed by atoms with E-state index in [1.54, 1.807) is 0 Å². The lowest BCUT2D eigenvalue weighted by molar-refractivity contribution is 0.0665. The summed E-state index contributed by atoms with van der Waals surface area (Å²) in [6.45, 7) is 10.7. The molecule has 1 heterocycles. The minimum Gasteiger partial charge on any atom is -0.377 e. The van der Waals surface area contributed by atoms with E-state index in [2.05, 4.69) is 30.9 Å². The lowest BCUT2D eigenvalue weighted by Gasteiger charge is -2.14. The van der Waals surface area contributed by atoms with Crippen molar-refractivity contribution in [1.82, 2.24) is 10.1 Å². The van der Waals surface area contributed by atoms with E-state index in [4.69, 9.17) is 15.0 Å². The molecule has 0 fully saturated rings. The highest BCUT2D eigenvalue weighted by Gasteiger charge is 2.19. The molecule has 1 rings (SSSR count). The largest absolute Gasteiger partial charge is 0.377 e. The Labute approximate surface area is 103 Å². The van der Waals surface area contributed by atoms with E-state index in [-0.39, 0.29) is 17.6 Å². The molecular formula is C12H23N3O2. The highest BCUT2D eigenvalue weighted by molar-refractivity contribution is 4.94. The topological polar surface area (TPSA) is 74.2 Å². The van der Waals surface area contributed by atoms with Crippen molar-refractivity contribution in [2.45, 2.75) is 53.2 Å². The van der Waals surface area contributed by atoms with Crippen molar-refractivity contribution in [2.24, 2.45) is 11.1 Å². The monoisotopic (exact) mass is 241 g/mol. The Bertz CT molecular complexity index is 342. The van der Waals surface area contributed by atoms with Crippen LogP contribution in [0.5, 0.6) is 0 Å². The van der Waals surface area contributed by atoms with E-state index in [1.165, 1.54) is 0 Å². The molecule has 98 valence electrons. The van der Waals surface area contributed by atoms with Crippen LogP contribution in [0.3, 0.4) is 0 Å². The second-order valence-electron chi connectivity index (χ2n) is 5.77. The summed E-state index contributed by atoms with van der Waals surface area (Å²) in [5.41, 5.74) is 6.04. The smallest absolute Gasteiger partial charge is 0.227 e. The van der Waals surface area contributed by atoms with Gasteiger partial charge in [0.2, 0.25) is 5.89 Å². The van der Waals surface area contributed by atoms with Crippen LogP contribution >= 0.6 is 0 Å². The average molecular weight is 241 g/mol. The van der Waals surface area contributed by atoms with Gasteiger partial charge in [0.15, 0.2) is 5.82 Å². The Hall–Kier alpha value is -0.940. The second-order valence-corrected chi connectivity index (χ2v) is 5.77. The molecule has 1 unspecified atom stereocenters. The van der Waals surface area contributed by atoms with Crippen molar-refractivity contribution in [3.8, 4) is 0 Å². The molecule has 0 aromatic carbocycles. The van der Waals surface area contributed by atoms with E-state index in [1.807, 2.05) is 13.8 Å². The summed E-state index contributed by atoms with van der Waals surface area (Å²) in [7, 11) is 0. The number of rotatable bonds is 5. The van der Waals surface area contributed by atoms with Gasteiger partial charge in [-0.05, 0) is 19.3 Å². The molecule has 5 nitrogen and oxygen atoms in total. The van der Waals surface area contributed by atoms with Gasteiger partial charge in [0.1, 0.15) is 0 Å². The summed E-state index contributed by atoms with van der Waals surface area (Å²) in [6, 6.07) is -0.324. The molecule has 0 aliphatic carbocycles. The molecular weight excluding hydrogens is 218 g/mol. The van der Waals surface area contributed by atoms with Crippen molar-refractivity contribution in [3.63, 3.8) is 0 Å². The molecule has 1 aromatic heterocycles. The number of ether oxygens (including phenoxy) is 1. The Morgan fingerprint density at radius 3 is 2.53 bits per heavy atom. The lowest BCUT2D eigenvalue weighted by atomic mass is 9.92. The van der Waals surface area contributed by atoms with Crippen molar-refractivity contribution in [2.75, 3.05) is 6.61 Å². The molecule has 1 aromatic rings. The fraction of sp³-hybridized carbons (Fsp3) is 0.833. The predicted molar refractivity (Wildman–Crippen MR) is 65.5 cm³/mol. The number of nitrogens with zero attached hydrogens (tertiary/aromatic N) is 2. The van der Waals surface area contributed by atoms with E-state index >= 15 is 0 Å². The Balaban J connectivity index is 2.55. The Morgan fingerprint density at radius 2 is 2.00 bits per heavy atom. The molecule has 0 saturated carbocycles. The first-order valence-electron chi connectivity index (χ1n) is 5.97. The van der Waals surface area contributed by atoms with E-state index in [0.717, 1.165) is 6.42 Å². The van der Waals surface area contributed by atoms with Gasteiger partial charge >= 0.3 is 0 Å². The van der Waals surface area contributed by atoms with Gasteiger partial charge < -0.3 is 15.0 Å². The normalized spacial score (nSPS) is 14.3. The molecule has 0 aliphatic heterocycles. The van der Waals surface area contributed by atoms with Gasteiger partial charge in [-0.3, -0.25) is 0 Å². The predicted octanol–water partition coefficient (Wildman–Crippen LogP) is 2.08. The second kappa shape index (κ2) is 5.60. The highest BCUT2D eigenvalue weighted by atomic mass is 16.5. The van der Waals surface area contributed by atoms with E-state index in [0.29, 0.717) is 18.3 Å². The maximum absolute atomic E-state index is 5.91. The van der Waals surface area contributed by atoms with Crippen LogP contribution < -0.4 is 5.73 Å². The fourth-order valence-corrected chi connectivity index (χ4v) is 1.31. The van der Waals surface area contributed by atoms with Gasteiger partial charge in [0, 0.05) is 6.42 Å². The van der Waals surface area contributed by atoms with Gasteiger partial charge in [-0.15, -0.1) is 0 Å². The molecule has 0 amide bonds. The SMILES string of the molecule is CC(C)OCC(N)c1noc(CC(C)(C)C)n1. The number of hydrogen-bond acceptors (Lipinski definition) is 5. The van der Waals surface area contributed by atoms with E-state index < -0.39 is 0 Å². The van der Waals surface area contributed by atoms with Crippen LogP contribution in [0.2, 0.25) is 0 Å². The molecule has 0 saturated heterocycles. The van der Waals surface area contributed by atoms with Crippen LogP contribution in [0.25, 0.3) is 0 Å². The third kappa shape index (κ3) is 5.28. The highest BCUT2D eigenvalue weighted by Crippen LogP contribution is 2.20. The minimum atomic E-state index is -0.324. The van der Waals surface area contributed by atoms with Gasteiger partial charge in [0.25, 0.3) is 0 Å². The molecule has 0 radical (unpaired) electrons. The zero-order chi connectivity index (χ0) is 13.1. The van der Waals surface area contributed by atoms with Crippen LogP contribution in [0.4, 0.5) is 0 Å². The Kier molecular flexibility index (Phi) is 4.65. The zero-order valence-electron chi connectivity index (χ0n) is 11.4. The van der Waals surface area contributed by atoms with Crippen LogP contribution in [0.1, 0.15) is 52.4 Å². The van der Waals surface area contributed by atoms with E-state index in [9.17, 15) is 0 Å². The molecule has 17 heavy (non-hydrogen) atoms. The summed E-state index contributed by atoms with van der Waals surface area (Å²) in [4.78, 5) is 4.29. The van der Waals surface area contributed by atoms with Gasteiger partial charge in [0.05, 0.1) is 18.8 Å². The third-order valence-electron chi connectivity index (χ3n) is 2.11. The molecule has 2 N–H and O–H groups in total. The molecule has 5 heteroatoms. The third-order valence-corrected chi connectivity index (χ3v) is 2.11. The van der Waals surface area contributed by atoms with Crippen LogP contribution in [-0.4, -0.2) is 22.9 Å². The molecule has 0 spiro atoms. The van der Waals surface area contributed by atoms with Gasteiger partial charge in [-0.2, -0.15) is 4.98 Å². The maximum atomic E-state index is 5.91. The maximum Gasteiger partial charge on any atom is 0.227 e.